The molecule has 1 atom stereocenters. The summed E-state index contributed by atoms with van der Waals surface area (Å²) in [5, 5.41) is 0. The molecule has 1 aliphatic carbocycles. The first-order valence-corrected chi connectivity index (χ1v) is 10.5. The van der Waals surface area contributed by atoms with E-state index >= 15 is 0 Å². The Hall–Kier alpha value is -2.50. The van der Waals surface area contributed by atoms with Gasteiger partial charge in [0.05, 0.1) is 0 Å². The summed E-state index contributed by atoms with van der Waals surface area (Å²) in [7, 11) is 0. The fourth-order valence-corrected chi connectivity index (χ4v) is 4.52. The van der Waals surface area contributed by atoms with Crippen molar-refractivity contribution in [3.8, 4) is 11.5 Å². The second-order valence-electron chi connectivity index (χ2n) is 8.18. The number of carbonyl (C=O) groups is 1. The predicted octanol–water partition coefficient (Wildman–Crippen LogP) is 3.47. The van der Waals surface area contributed by atoms with E-state index in [1.165, 1.54) is 19.3 Å². The average Bonchev–Trinajstić information content (AvgIpc) is 3.18. The van der Waals surface area contributed by atoms with Gasteiger partial charge in [0.25, 0.3) is 5.91 Å². The minimum atomic E-state index is 0.0683. The normalized spacial score (nSPS) is 22.0. The molecule has 0 radical (unpaired) electrons. The molecule has 1 aromatic carbocycles. The Bertz CT molecular complexity index is 858. The minimum Gasteiger partial charge on any atom is -0.486 e. The van der Waals surface area contributed by atoms with E-state index in [4.69, 9.17) is 9.47 Å². The number of aromatic nitrogens is 2. The van der Waals surface area contributed by atoms with Crippen LogP contribution in [0.25, 0.3) is 0 Å². The predicted molar refractivity (Wildman–Crippen MR) is 105 cm³/mol. The number of amides is 1. The molecule has 3 aliphatic rings. The van der Waals surface area contributed by atoms with Crippen LogP contribution in [0.15, 0.2) is 30.6 Å². The second kappa shape index (κ2) is 7.49. The molecule has 2 aromatic rings. The number of fused-ring (bicyclic) bond motifs is 1. The molecule has 6 heteroatoms. The van der Waals surface area contributed by atoms with E-state index in [1.807, 2.05) is 29.3 Å². The number of benzene rings is 1. The van der Waals surface area contributed by atoms with Crippen LogP contribution in [0.1, 0.15) is 54.2 Å². The summed E-state index contributed by atoms with van der Waals surface area (Å²) in [4.78, 5) is 19.8. The highest BCUT2D eigenvalue weighted by molar-refractivity contribution is 5.95. The van der Waals surface area contributed by atoms with Crippen molar-refractivity contribution in [3.63, 3.8) is 0 Å². The van der Waals surface area contributed by atoms with Gasteiger partial charge in [0, 0.05) is 43.5 Å². The van der Waals surface area contributed by atoms with Gasteiger partial charge in [-0.1, -0.05) is 6.42 Å². The topological polar surface area (TPSA) is 56.6 Å². The lowest BCUT2D eigenvalue weighted by Gasteiger charge is -2.34. The van der Waals surface area contributed by atoms with E-state index in [9.17, 15) is 4.79 Å². The van der Waals surface area contributed by atoms with Crippen LogP contribution in [0.5, 0.6) is 11.5 Å². The lowest BCUT2D eigenvalue weighted by Crippen LogP contribution is -2.40. The summed E-state index contributed by atoms with van der Waals surface area (Å²) in [5.74, 6) is 3.71. The third kappa shape index (κ3) is 3.36. The molecule has 2 fully saturated rings. The fraction of sp³-hybridized carbons (Fsp3) is 0.545. The summed E-state index contributed by atoms with van der Waals surface area (Å²) >= 11 is 0. The summed E-state index contributed by atoms with van der Waals surface area (Å²) < 4.78 is 13.5. The van der Waals surface area contributed by atoms with Gasteiger partial charge in [0.2, 0.25) is 0 Å². The molecule has 2 aliphatic heterocycles. The molecule has 1 saturated heterocycles. The molecule has 1 amide bonds. The fourth-order valence-electron chi connectivity index (χ4n) is 4.52. The molecule has 28 heavy (non-hydrogen) atoms. The highest BCUT2D eigenvalue weighted by atomic mass is 16.6. The van der Waals surface area contributed by atoms with Gasteiger partial charge >= 0.3 is 0 Å². The number of carbonyl (C=O) groups excluding carboxylic acids is 1. The molecule has 0 spiro atoms. The zero-order valence-electron chi connectivity index (χ0n) is 16.2. The van der Waals surface area contributed by atoms with Crippen LogP contribution in [0.4, 0.5) is 0 Å². The van der Waals surface area contributed by atoms with Crippen LogP contribution >= 0.6 is 0 Å². The summed E-state index contributed by atoms with van der Waals surface area (Å²) in [6, 6.07) is 5.50. The van der Waals surface area contributed by atoms with Crippen LogP contribution in [0.2, 0.25) is 0 Å². The summed E-state index contributed by atoms with van der Waals surface area (Å²) in [6.07, 6.45) is 10.1. The Labute approximate surface area is 165 Å². The third-order valence-electron chi connectivity index (χ3n) is 6.29. The zero-order chi connectivity index (χ0) is 18.9. The van der Waals surface area contributed by atoms with E-state index < -0.39 is 0 Å². The first-order chi connectivity index (χ1) is 13.8. The second-order valence-corrected chi connectivity index (χ2v) is 8.18. The molecule has 0 bridgehead atoms. The molecule has 3 heterocycles. The SMILES string of the molecule is O=C(c1ccc2c(c1)OCCO2)N1CCCC(c2nccn2CC2CCC2)C1. The number of hydrogen-bond donors (Lipinski definition) is 0. The molecule has 5 rings (SSSR count). The van der Waals surface area contributed by atoms with Crippen molar-refractivity contribution in [1.29, 1.82) is 0 Å². The number of likely N-dealkylation sites (tertiary alicyclic amines) is 1. The van der Waals surface area contributed by atoms with Crippen LogP contribution in [0.3, 0.4) is 0 Å². The average molecular weight is 381 g/mol. The number of rotatable bonds is 4. The quantitative estimate of drug-likeness (QED) is 0.814. The van der Waals surface area contributed by atoms with Gasteiger partial charge in [-0.2, -0.15) is 0 Å². The highest BCUT2D eigenvalue weighted by Crippen LogP contribution is 2.33. The zero-order valence-corrected chi connectivity index (χ0v) is 16.2. The van der Waals surface area contributed by atoms with Crippen molar-refractivity contribution in [1.82, 2.24) is 14.5 Å². The molecule has 1 aromatic heterocycles. The van der Waals surface area contributed by atoms with Crippen molar-refractivity contribution < 1.29 is 14.3 Å². The van der Waals surface area contributed by atoms with Crippen molar-refractivity contribution in [3.05, 3.63) is 42.0 Å². The van der Waals surface area contributed by atoms with Gasteiger partial charge in [0.1, 0.15) is 19.0 Å². The summed E-state index contributed by atoms with van der Waals surface area (Å²) in [6.45, 7) is 3.69. The third-order valence-corrected chi connectivity index (χ3v) is 6.29. The van der Waals surface area contributed by atoms with E-state index in [0.29, 0.717) is 30.4 Å². The summed E-state index contributed by atoms with van der Waals surface area (Å²) in [5.41, 5.74) is 0.669. The van der Waals surface area contributed by atoms with Gasteiger partial charge < -0.3 is 18.9 Å². The standard InChI is InChI=1S/C22H27N3O3/c26-22(17-6-7-19-20(13-17)28-12-11-27-19)25-9-2-5-18(15-25)21-23-8-10-24(21)14-16-3-1-4-16/h6-8,10,13,16,18H,1-5,9,11-12,14-15H2. The van der Waals surface area contributed by atoms with Crippen molar-refractivity contribution in [2.45, 2.75) is 44.6 Å². The van der Waals surface area contributed by atoms with Gasteiger partial charge in [-0.15, -0.1) is 0 Å². The molecule has 0 N–H and O–H groups in total. The van der Waals surface area contributed by atoms with Crippen molar-refractivity contribution >= 4 is 5.91 Å². The molecule has 1 unspecified atom stereocenters. The number of hydrogen-bond acceptors (Lipinski definition) is 4. The van der Waals surface area contributed by atoms with Gasteiger partial charge in [-0.05, 0) is 49.8 Å². The maximum absolute atomic E-state index is 13.1. The highest BCUT2D eigenvalue weighted by Gasteiger charge is 2.29. The number of imidazole rings is 1. The van der Waals surface area contributed by atoms with E-state index in [0.717, 1.165) is 50.0 Å². The van der Waals surface area contributed by atoms with Crippen LogP contribution in [0, 0.1) is 5.92 Å². The Morgan fingerprint density at radius 2 is 1.96 bits per heavy atom. The maximum atomic E-state index is 13.1. The largest absolute Gasteiger partial charge is 0.486 e. The molecular weight excluding hydrogens is 354 g/mol. The van der Waals surface area contributed by atoms with Crippen molar-refractivity contribution in [2.24, 2.45) is 5.92 Å². The maximum Gasteiger partial charge on any atom is 0.254 e. The Kier molecular flexibility index (Phi) is 4.71. The monoisotopic (exact) mass is 381 g/mol. The lowest BCUT2D eigenvalue weighted by molar-refractivity contribution is 0.0701. The minimum absolute atomic E-state index is 0.0683. The van der Waals surface area contributed by atoms with Crippen LogP contribution in [-0.2, 0) is 6.54 Å². The lowest BCUT2D eigenvalue weighted by atomic mass is 9.85. The molecule has 148 valence electrons. The van der Waals surface area contributed by atoms with Gasteiger partial charge in [-0.3, -0.25) is 4.79 Å². The van der Waals surface area contributed by atoms with Gasteiger partial charge in [0.15, 0.2) is 11.5 Å². The number of piperidine rings is 1. The van der Waals surface area contributed by atoms with E-state index in [2.05, 4.69) is 15.7 Å². The first-order valence-electron chi connectivity index (χ1n) is 10.5. The Balaban J connectivity index is 1.30. The van der Waals surface area contributed by atoms with E-state index in [1.54, 1.807) is 0 Å². The number of nitrogens with zero attached hydrogens (tertiary/aromatic N) is 3. The van der Waals surface area contributed by atoms with Crippen molar-refractivity contribution in [2.75, 3.05) is 26.3 Å². The molecule has 6 nitrogen and oxygen atoms in total. The Morgan fingerprint density at radius 3 is 2.79 bits per heavy atom. The van der Waals surface area contributed by atoms with Crippen LogP contribution < -0.4 is 9.47 Å². The van der Waals surface area contributed by atoms with Gasteiger partial charge in [-0.25, -0.2) is 4.98 Å². The smallest absolute Gasteiger partial charge is 0.254 e. The molecule has 1 saturated carbocycles. The molecular formula is C22H27N3O3. The Morgan fingerprint density at radius 1 is 1.11 bits per heavy atom. The van der Waals surface area contributed by atoms with Crippen LogP contribution in [-0.4, -0.2) is 46.7 Å². The van der Waals surface area contributed by atoms with E-state index in [-0.39, 0.29) is 5.91 Å². The number of ether oxygens (including phenoxy) is 2. The first kappa shape index (κ1) is 17.6.